The van der Waals surface area contributed by atoms with Crippen LogP contribution in [0.5, 0.6) is 0 Å². The van der Waals surface area contributed by atoms with Crippen LogP contribution in [0.4, 0.5) is 5.69 Å². The average molecular weight is 474 g/mol. The number of nitrogens with one attached hydrogen (secondary N) is 1. The van der Waals surface area contributed by atoms with Crippen molar-refractivity contribution in [3.05, 3.63) is 51.4 Å². The molecule has 0 radical (unpaired) electrons. The van der Waals surface area contributed by atoms with Crippen LogP contribution in [0.3, 0.4) is 0 Å². The summed E-state index contributed by atoms with van der Waals surface area (Å²) in [5.74, 6) is 0. The highest BCUT2D eigenvalue weighted by Crippen LogP contribution is 2.29. The van der Waals surface area contributed by atoms with Gasteiger partial charge in [0.1, 0.15) is 4.21 Å². The number of rotatable bonds is 8. The van der Waals surface area contributed by atoms with Crippen molar-refractivity contribution in [2.45, 2.75) is 47.8 Å². The van der Waals surface area contributed by atoms with Gasteiger partial charge in [0.15, 0.2) is 0 Å². The molecule has 1 saturated heterocycles. The number of nitro benzene ring substituents is 1. The second kappa shape index (κ2) is 9.10. The average Bonchev–Trinajstić information content (AvgIpc) is 3.24. The van der Waals surface area contributed by atoms with Gasteiger partial charge in [0.25, 0.3) is 15.7 Å². The van der Waals surface area contributed by atoms with Gasteiger partial charge in [-0.2, -0.15) is 4.31 Å². The highest BCUT2D eigenvalue weighted by Gasteiger charge is 2.34. The number of hydrogen-bond acceptors (Lipinski definition) is 7. The Morgan fingerprint density at radius 3 is 2.67 bits per heavy atom. The quantitative estimate of drug-likeness (QED) is 0.464. The maximum Gasteiger partial charge on any atom is 0.270 e. The monoisotopic (exact) mass is 473 g/mol. The summed E-state index contributed by atoms with van der Waals surface area (Å²) in [4.78, 5) is 10.2. The SMILES string of the molecule is Cc1ccc([N+](=O)[O-])cc1S(=O)(=O)NCCC1CCCCN1S(=O)(=O)c1cccs1. The lowest BCUT2D eigenvalue weighted by Crippen LogP contribution is -2.44. The fourth-order valence-electron chi connectivity index (χ4n) is 3.53. The topological polar surface area (TPSA) is 127 Å². The minimum atomic E-state index is -3.96. The standard InChI is InChI=1S/C18H23N3O6S3/c1-14-7-8-16(21(22)23)13-17(14)29(24,25)19-10-9-15-5-2-3-11-20(15)30(26,27)18-6-4-12-28-18/h4,6-8,12-13,15,19H,2-3,5,9-11H2,1H3. The Morgan fingerprint density at radius 1 is 1.23 bits per heavy atom. The Kier molecular flexibility index (Phi) is 6.92. The zero-order valence-corrected chi connectivity index (χ0v) is 18.8. The number of nitro groups is 1. The van der Waals surface area contributed by atoms with Crippen LogP contribution in [-0.2, 0) is 20.0 Å². The highest BCUT2D eigenvalue weighted by molar-refractivity contribution is 7.91. The molecule has 0 saturated carbocycles. The van der Waals surface area contributed by atoms with Gasteiger partial charge in [-0.25, -0.2) is 21.6 Å². The first-order valence-corrected chi connectivity index (χ1v) is 13.2. The van der Waals surface area contributed by atoms with E-state index in [9.17, 15) is 26.9 Å². The van der Waals surface area contributed by atoms with Crippen LogP contribution in [0.2, 0.25) is 0 Å². The molecule has 1 aromatic carbocycles. The number of thiophene rings is 1. The van der Waals surface area contributed by atoms with Gasteiger partial charge in [0.2, 0.25) is 10.0 Å². The summed E-state index contributed by atoms with van der Waals surface area (Å²) in [7, 11) is -7.57. The lowest BCUT2D eigenvalue weighted by atomic mass is 10.0. The number of piperidine rings is 1. The smallest absolute Gasteiger partial charge is 0.258 e. The van der Waals surface area contributed by atoms with Crippen molar-refractivity contribution in [2.75, 3.05) is 13.1 Å². The van der Waals surface area contributed by atoms with Crippen LogP contribution >= 0.6 is 11.3 Å². The summed E-state index contributed by atoms with van der Waals surface area (Å²) < 4.78 is 55.4. The molecule has 2 heterocycles. The number of sulfonamides is 2. The molecule has 9 nitrogen and oxygen atoms in total. The molecular weight excluding hydrogens is 450 g/mol. The maximum atomic E-state index is 12.9. The molecule has 2 aromatic rings. The molecule has 30 heavy (non-hydrogen) atoms. The van der Waals surface area contributed by atoms with Gasteiger partial charge in [0, 0.05) is 31.3 Å². The van der Waals surface area contributed by atoms with E-state index < -0.39 is 25.0 Å². The van der Waals surface area contributed by atoms with Crippen LogP contribution in [0.1, 0.15) is 31.2 Å². The number of benzene rings is 1. The first kappa shape index (κ1) is 22.8. The lowest BCUT2D eigenvalue weighted by Gasteiger charge is -2.34. The molecule has 0 bridgehead atoms. The van der Waals surface area contributed by atoms with E-state index in [0.29, 0.717) is 24.9 Å². The largest absolute Gasteiger partial charge is 0.270 e. The van der Waals surface area contributed by atoms with E-state index in [1.165, 1.54) is 16.4 Å². The van der Waals surface area contributed by atoms with E-state index in [4.69, 9.17) is 0 Å². The van der Waals surface area contributed by atoms with Crippen molar-refractivity contribution in [1.82, 2.24) is 9.03 Å². The molecule has 1 N–H and O–H groups in total. The van der Waals surface area contributed by atoms with Crippen LogP contribution < -0.4 is 4.72 Å². The van der Waals surface area contributed by atoms with Gasteiger partial charge < -0.3 is 0 Å². The van der Waals surface area contributed by atoms with Crippen molar-refractivity contribution in [3.63, 3.8) is 0 Å². The van der Waals surface area contributed by atoms with E-state index >= 15 is 0 Å². The summed E-state index contributed by atoms with van der Waals surface area (Å²) in [5, 5.41) is 12.7. The Labute approximate surface area is 180 Å². The van der Waals surface area contributed by atoms with Gasteiger partial charge in [-0.15, -0.1) is 11.3 Å². The molecule has 12 heteroatoms. The Balaban J connectivity index is 1.71. The predicted molar refractivity (Wildman–Crippen MR) is 113 cm³/mol. The summed E-state index contributed by atoms with van der Waals surface area (Å²) in [6.07, 6.45) is 2.61. The van der Waals surface area contributed by atoms with Crippen LogP contribution in [0.25, 0.3) is 0 Å². The van der Waals surface area contributed by atoms with Gasteiger partial charge in [-0.1, -0.05) is 18.6 Å². The number of hydrogen-bond donors (Lipinski definition) is 1. The molecule has 0 aliphatic carbocycles. The van der Waals surface area contributed by atoms with Crippen molar-refractivity contribution >= 4 is 37.1 Å². The first-order chi connectivity index (χ1) is 14.1. The van der Waals surface area contributed by atoms with Crippen molar-refractivity contribution in [3.8, 4) is 0 Å². The molecule has 3 rings (SSSR count). The molecule has 1 unspecified atom stereocenters. The molecule has 1 aromatic heterocycles. The predicted octanol–water partition coefficient (Wildman–Crippen LogP) is 2.88. The highest BCUT2D eigenvalue weighted by atomic mass is 32.2. The van der Waals surface area contributed by atoms with Gasteiger partial charge in [0.05, 0.1) is 9.82 Å². The van der Waals surface area contributed by atoms with E-state index in [1.807, 2.05) is 0 Å². The molecule has 0 amide bonds. The van der Waals surface area contributed by atoms with Crippen LogP contribution in [0.15, 0.2) is 44.8 Å². The minimum Gasteiger partial charge on any atom is -0.258 e. The molecule has 1 aliphatic rings. The third-order valence-corrected chi connectivity index (χ3v) is 10.0. The summed E-state index contributed by atoms with van der Waals surface area (Å²) in [6, 6.07) is 6.63. The summed E-state index contributed by atoms with van der Waals surface area (Å²) in [5.41, 5.74) is 0.0918. The zero-order chi connectivity index (χ0) is 21.9. The molecule has 164 valence electrons. The third-order valence-electron chi connectivity index (χ3n) is 5.07. The molecular formula is C18H23N3O6S3. The second-order valence-electron chi connectivity index (χ2n) is 7.09. The fraction of sp³-hybridized carbons (Fsp3) is 0.444. The van der Waals surface area contributed by atoms with E-state index in [-0.39, 0.29) is 27.4 Å². The molecule has 1 fully saturated rings. The number of aryl methyl sites for hydroxylation is 1. The zero-order valence-electron chi connectivity index (χ0n) is 16.4. The second-order valence-corrected chi connectivity index (χ2v) is 11.9. The number of non-ortho nitro benzene ring substituents is 1. The summed E-state index contributed by atoms with van der Waals surface area (Å²) >= 11 is 1.16. The molecule has 0 spiro atoms. The van der Waals surface area contributed by atoms with Crippen LogP contribution in [-0.4, -0.2) is 45.2 Å². The Bertz CT molecular complexity index is 1110. The number of nitrogens with zero attached hydrogens (tertiary/aromatic N) is 2. The van der Waals surface area contributed by atoms with E-state index in [1.54, 1.807) is 24.4 Å². The van der Waals surface area contributed by atoms with Crippen LogP contribution in [0, 0.1) is 17.0 Å². The lowest BCUT2D eigenvalue weighted by molar-refractivity contribution is -0.385. The van der Waals surface area contributed by atoms with Gasteiger partial charge >= 0.3 is 0 Å². The fourth-order valence-corrected chi connectivity index (χ4v) is 7.69. The Hall–Kier alpha value is -1.86. The molecule has 1 atom stereocenters. The van der Waals surface area contributed by atoms with Gasteiger partial charge in [-0.3, -0.25) is 10.1 Å². The maximum absolute atomic E-state index is 12.9. The van der Waals surface area contributed by atoms with Crippen molar-refractivity contribution in [2.24, 2.45) is 0 Å². The molecule has 1 aliphatic heterocycles. The van der Waals surface area contributed by atoms with Crippen molar-refractivity contribution in [1.29, 1.82) is 0 Å². The van der Waals surface area contributed by atoms with Gasteiger partial charge in [-0.05, 0) is 43.2 Å². The van der Waals surface area contributed by atoms with Crippen molar-refractivity contribution < 1.29 is 21.8 Å². The first-order valence-electron chi connectivity index (χ1n) is 9.43. The summed E-state index contributed by atoms with van der Waals surface area (Å²) in [6.45, 7) is 2.00. The normalized spacial score (nSPS) is 18.4. The Morgan fingerprint density at radius 2 is 2.00 bits per heavy atom. The minimum absolute atomic E-state index is 0.0333. The third kappa shape index (κ3) is 4.89. The van der Waals surface area contributed by atoms with E-state index in [0.717, 1.165) is 30.2 Å². The van der Waals surface area contributed by atoms with E-state index in [2.05, 4.69) is 4.72 Å².